The molecular formula is C14H21N3O4S. The van der Waals surface area contributed by atoms with Gasteiger partial charge in [0, 0.05) is 25.2 Å². The third kappa shape index (κ3) is 4.25. The third-order valence-corrected chi connectivity index (χ3v) is 5.76. The molecule has 1 atom stereocenters. The van der Waals surface area contributed by atoms with Gasteiger partial charge in [-0.3, -0.25) is 10.1 Å². The first-order valence-corrected chi connectivity index (χ1v) is 8.94. The van der Waals surface area contributed by atoms with Crippen LogP contribution in [0, 0.1) is 16.0 Å². The topological polar surface area (TPSA) is 107 Å². The van der Waals surface area contributed by atoms with Gasteiger partial charge in [0.2, 0.25) is 10.0 Å². The Labute approximate surface area is 130 Å². The Morgan fingerprint density at radius 2 is 2.00 bits per heavy atom. The smallest absolute Gasteiger partial charge is 0.269 e. The Kier molecular flexibility index (Phi) is 5.49. The fourth-order valence-electron chi connectivity index (χ4n) is 2.77. The second-order valence-corrected chi connectivity index (χ2v) is 7.59. The molecule has 1 saturated heterocycles. The van der Waals surface area contributed by atoms with E-state index in [9.17, 15) is 18.5 Å². The molecule has 0 radical (unpaired) electrons. The molecule has 22 heavy (non-hydrogen) atoms. The van der Waals surface area contributed by atoms with Crippen molar-refractivity contribution in [3.05, 3.63) is 39.9 Å². The van der Waals surface area contributed by atoms with E-state index in [0.29, 0.717) is 31.1 Å². The standard InChI is InChI=1S/C14H21N3O4S/c15-8-7-12-2-1-9-16(10-12)22(20,21)11-13-3-5-14(6-4-13)17(18)19/h3-6,12H,1-2,7-11,15H2. The van der Waals surface area contributed by atoms with Crippen LogP contribution < -0.4 is 5.73 Å². The van der Waals surface area contributed by atoms with E-state index in [0.717, 1.165) is 19.3 Å². The summed E-state index contributed by atoms with van der Waals surface area (Å²) in [5, 5.41) is 10.6. The molecule has 1 aromatic carbocycles. The van der Waals surface area contributed by atoms with E-state index in [1.54, 1.807) is 0 Å². The van der Waals surface area contributed by atoms with Gasteiger partial charge in [-0.15, -0.1) is 0 Å². The average Bonchev–Trinajstić information content (AvgIpc) is 2.48. The summed E-state index contributed by atoms with van der Waals surface area (Å²) in [5.74, 6) is 0.200. The predicted octanol–water partition coefficient (Wildman–Crippen LogP) is 1.49. The van der Waals surface area contributed by atoms with E-state index >= 15 is 0 Å². The van der Waals surface area contributed by atoms with E-state index in [1.807, 2.05) is 0 Å². The average molecular weight is 327 g/mol. The number of nitro benzene ring substituents is 1. The maximum absolute atomic E-state index is 12.5. The number of nitrogens with zero attached hydrogens (tertiary/aromatic N) is 2. The van der Waals surface area contributed by atoms with Crippen LogP contribution in [0.2, 0.25) is 0 Å². The fraction of sp³-hybridized carbons (Fsp3) is 0.571. The second-order valence-electron chi connectivity index (χ2n) is 5.62. The minimum Gasteiger partial charge on any atom is -0.330 e. The fourth-order valence-corrected chi connectivity index (χ4v) is 4.41. The van der Waals surface area contributed by atoms with Crippen molar-refractivity contribution < 1.29 is 13.3 Å². The van der Waals surface area contributed by atoms with Crippen LogP contribution in [0.1, 0.15) is 24.8 Å². The van der Waals surface area contributed by atoms with Crippen LogP contribution >= 0.6 is 0 Å². The Morgan fingerprint density at radius 1 is 1.32 bits per heavy atom. The number of nitro groups is 1. The van der Waals surface area contributed by atoms with Gasteiger partial charge in [-0.25, -0.2) is 12.7 Å². The Morgan fingerprint density at radius 3 is 2.59 bits per heavy atom. The van der Waals surface area contributed by atoms with Crippen molar-refractivity contribution in [3.63, 3.8) is 0 Å². The van der Waals surface area contributed by atoms with Gasteiger partial charge in [-0.2, -0.15) is 0 Å². The molecule has 1 fully saturated rings. The zero-order valence-electron chi connectivity index (χ0n) is 12.3. The molecule has 1 unspecified atom stereocenters. The molecule has 0 amide bonds. The zero-order chi connectivity index (χ0) is 16.2. The van der Waals surface area contributed by atoms with Gasteiger partial charge < -0.3 is 5.73 Å². The minimum absolute atomic E-state index is 0.0397. The van der Waals surface area contributed by atoms with Crippen LogP contribution in [0.25, 0.3) is 0 Å². The third-order valence-electron chi connectivity index (χ3n) is 3.95. The van der Waals surface area contributed by atoms with Gasteiger partial charge in [0.05, 0.1) is 10.7 Å². The summed E-state index contributed by atoms with van der Waals surface area (Å²) < 4.78 is 26.5. The summed E-state index contributed by atoms with van der Waals surface area (Å²) in [6.45, 7) is 1.63. The first kappa shape index (κ1) is 16.9. The Balaban J connectivity index is 2.05. The molecule has 0 bridgehead atoms. The van der Waals surface area contributed by atoms with Crippen LogP contribution in [0.5, 0.6) is 0 Å². The highest BCUT2D eigenvalue weighted by atomic mass is 32.2. The van der Waals surface area contributed by atoms with Crippen molar-refractivity contribution in [2.75, 3.05) is 19.6 Å². The van der Waals surface area contributed by atoms with Crippen molar-refractivity contribution in [1.82, 2.24) is 4.31 Å². The van der Waals surface area contributed by atoms with E-state index < -0.39 is 14.9 Å². The number of hydrogen-bond donors (Lipinski definition) is 1. The van der Waals surface area contributed by atoms with Crippen LogP contribution in [0.3, 0.4) is 0 Å². The SMILES string of the molecule is NCCC1CCCN(S(=O)(=O)Cc2ccc([N+](=O)[O-])cc2)C1. The Hall–Kier alpha value is -1.51. The van der Waals surface area contributed by atoms with Crippen LogP contribution in [0.4, 0.5) is 5.69 Å². The van der Waals surface area contributed by atoms with Crippen molar-refractivity contribution in [2.45, 2.75) is 25.0 Å². The monoisotopic (exact) mass is 327 g/mol. The lowest BCUT2D eigenvalue weighted by Crippen LogP contribution is -2.40. The molecule has 0 aliphatic carbocycles. The molecule has 1 heterocycles. The van der Waals surface area contributed by atoms with Gasteiger partial charge in [-0.1, -0.05) is 12.1 Å². The normalized spacial score (nSPS) is 20.0. The summed E-state index contributed by atoms with van der Waals surface area (Å²) in [6, 6.07) is 5.66. The highest BCUT2D eigenvalue weighted by molar-refractivity contribution is 7.88. The molecule has 122 valence electrons. The van der Waals surface area contributed by atoms with E-state index in [-0.39, 0.29) is 11.4 Å². The summed E-state index contributed by atoms with van der Waals surface area (Å²) in [4.78, 5) is 10.1. The molecule has 0 spiro atoms. The lowest BCUT2D eigenvalue weighted by Gasteiger charge is -2.31. The number of piperidine rings is 1. The summed E-state index contributed by atoms with van der Waals surface area (Å²) >= 11 is 0. The van der Waals surface area contributed by atoms with Crippen LogP contribution in [0.15, 0.2) is 24.3 Å². The molecule has 7 nitrogen and oxygen atoms in total. The Bertz CT molecular complexity index is 613. The minimum atomic E-state index is -3.40. The molecule has 2 N–H and O–H groups in total. The lowest BCUT2D eigenvalue weighted by atomic mass is 9.96. The van der Waals surface area contributed by atoms with Crippen molar-refractivity contribution in [3.8, 4) is 0 Å². The van der Waals surface area contributed by atoms with E-state index in [2.05, 4.69) is 0 Å². The van der Waals surface area contributed by atoms with Gasteiger partial charge >= 0.3 is 0 Å². The number of sulfonamides is 1. The molecule has 1 aromatic rings. The highest BCUT2D eigenvalue weighted by Crippen LogP contribution is 2.23. The number of rotatable bonds is 6. The lowest BCUT2D eigenvalue weighted by molar-refractivity contribution is -0.384. The van der Waals surface area contributed by atoms with Gasteiger partial charge in [0.15, 0.2) is 0 Å². The summed E-state index contributed by atoms with van der Waals surface area (Å²) in [7, 11) is -3.40. The van der Waals surface area contributed by atoms with Crippen LogP contribution in [-0.2, 0) is 15.8 Å². The first-order valence-electron chi connectivity index (χ1n) is 7.33. The zero-order valence-corrected chi connectivity index (χ0v) is 13.2. The number of hydrogen-bond acceptors (Lipinski definition) is 5. The van der Waals surface area contributed by atoms with E-state index in [4.69, 9.17) is 5.73 Å². The van der Waals surface area contributed by atoms with E-state index in [1.165, 1.54) is 28.6 Å². The first-order chi connectivity index (χ1) is 10.4. The molecule has 0 saturated carbocycles. The molecule has 1 aliphatic rings. The summed E-state index contributed by atoms with van der Waals surface area (Å²) in [6.07, 6.45) is 2.70. The summed E-state index contributed by atoms with van der Waals surface area (Å²) in [5.41, 5.74) is 6.07. The quantitative estimate of drug-likeness (QED) is 0.629. The largest absolute Gasteiger partial charge is 0.330 e. The predicted molar refractivity (Wildman–Crippen MR) is 83.7 cm³/mol. The number of benzene rings is 1. The maximum atomic E-state index is 12.5. The molecule has 0 aromatic heterocycles. The molecular weight excluding hydrogens is 306 g/mol. The second kappa shape index (κ2) is 7.17. The maximum Gasteiger partial charge on any atom is 0.269 e. The number of nitrogens with two attached hydrogens (primary N) is 1. The van der Waals surface area contributed by atoms with Gasteiger partial charge in [-0.05, 0) is 37.3 Å². The van der Waals surface area contributed by atoms with Gasteiger partial charge in [0.25, 0.3) is 5.69 Å². The molecule has 2 rings (SSSR count). The van der Waals surface area contributed by atoms with Crippen molar-refractivity contribution in [2.24, 2.45) is 11.7 Å². The molecule has 8 heteroatoms. The van der Waals surface area contributed by atoms with Crippen LogP contribution in [-0.4, -0.2) is 37.3 Å². The molecule has 1 aliphatic heterocycles. The van der Waals surface area contributed by atoms with Crippen molar-refractivity contribution in [1.29, 1.82) is 0 Å². The highest BCUT2D eigenvalue weighted by Gasteiger charge is 2.28. The number of non-ortho nitro benzene ring substituents is 1. The van der Waals surface area contributed by atoms with Crippen molar-refractivity contribution >= 4 is 15.7 Å². The van der Waals surface area contributed by atoms with Gasteiger partial charge in [0.1, 0.15) is 0 Å².